The molecule has 0 atom stereocenters. The second kappa shape index (κ2) is 19.3. The third kappa shape index (κ3) is 9.04. The standard InChI is InChI=1S/C65H47N3O2/c1-43(69)39-54(70)37-35-44-15-5-7-19-55(44)51-40-52(58-22-10-8-20-56(58)45-27-31-48(32-28-45)61-38-36-47-16-6-12-24-60(47)66-61)42-53(41-51)59-23-11-9-21-57(59)46-29-33-50(34-30-46)65-64(49-17-3-2-4-18-49)67-62-25-13-14-26-63(62)68-65/h2-34,36,38-42,69H,35,37H2,1H3/b43-39-. The van der Waals surface area contributed by atoms with Crippen molar-refractivity contribution in [3.8, 4) is 89.4 Å². The molecule has 2 aromatic heterocycles. The van der Waals surface area contributed by atoms with Crippen molar-refractivity contribution in [3.05, 3.63) is 248 Å². The van der Waals surface area contributed by atoms with Crippen molar-refractivity contribution in [2.45, 2.75) is 19.8 Å². The molecule has 0 amide bonds. The van der Waals surface area contributed by atoms with Crippen LogP contribution in [0.2, 0.25) is 0 Å². The normalized spacial score (nSPS) is 11.5. The van der Waals surface area contributed by atoms with Gasteiger partial charge in [0.05, 0.1) is 39.4 Å². The number of allylic oxidation sites excluding steroid dienone is 2. The number of nitrogens with zero attached hydrogens (tertiary/aromatic N) is 3. The molecule has 11 aromatic rings. The minimum absolute atomic E-state index is 0.0156. The summed E-state index contributed by atoms with van der Waals surface area (Å²) in [4.78, 5) is 28.1. The topological polar surface area (TPSA) is 76.0 Å². The van der Waals surface area contributed by atoms with Crippen molar-refractivity contribution >= 4 is 27.7 Å². The fourth-order valence-electron chi connectivity index (χ4n) is 9.50. The van der Waals surface area contributed by atoms with Crippen LogP contribution in [0.4, 0.5) is 0 Å². The Hall–Kier alpha value is -9.06. The molecule has 0 aliphatic heterocycles. The largest absolute Gasteiger partial charge is 0.512 e. The molecule has 11 rings (SSSR count). The van der Waals surface area contributed by atoms with E-state index >= 15 is 0 Å². The smallest absolute Gasteiger partial charge is 0.159 e. The maximum absolute atomic E-state index is 12.8. The van der Waals surface area contributed by atoms with Crippen molar-refractivity contribution in [3.63, 3.8) is 0 Å². The molecule has 0 unspecified atom stereocenters. The van der Waals surface area contributed by atoms with Crippen molar-refractivity contribution in [1.82, 2.24) is 15.0 Å². The highest BCUT2D eigenvalue weighted by molar-refractivity contribution is 5.94. The second-order valence-corrected chi connectivity index (χ2v) is 17.6. The average Bonchev–Trinajstić information content (AvgIpc) is 3.42. The molecule has 0 spiro atoms. The van der Waals surface area contributed by atoms with Crippen molar-refractivity contribution in [2.75, 3.05) is 0 Å². The number of rotatable bonds is 12. The number of carbonyl (C=O) groups is 1. The van der Waals surface area contributed by atoms with Gasteiger partial charge in [0, 0.05) is 34.6 Å². The molecular formula is C65H47N3O2. The first kappa shape index (κ1) is 43.5. The van der Waals surface area contributed by atoms with E-state index in [1.165, 1.54) is 13.0 Å². The summed E-state index contributed by atoms with van der Waals surface area (Å²) < 4.78 is 0. The van der Waals surface area contributed by atoms with E-state index in [0.29, 0.717) is 6.42 Å². The van der Waals surface area contributed by atoms with Gasteiger partial charge in [-0.2, -0.15) is 0 Å². The highest BCUT2D eigenvalue weighted by Gasteiger charge is 2.18. The van der Waals surface area contributed by atoms with Gasteiger partial charge in [0.15, 0.2) is 5.78 Å². The van der Waals surface area contributed by atoms with Gasteiger partial charge < -0.3 is 5.11 Å². The van der Waals surface area contributed by atoms with Crippen molar-refractivity contribution < 1.29 is 9.90 Å². The van der Waals surface area contributed by atoms with Gasteiger partial charge in [-0.25, -0.2) is 15.0 Å². The monoisotopic (exact) mass is 901 g/mol. The van der Waals surface area contributed by atoms with E-state index in [-0.39, 0.29) is 18.0 Å². The van der Waals surface area contributed by atoms with Crippen LogP contribution in [-0.2, 0) is 11.2 Å². The number of hydrogen-bond acceptors (Lipinski definition) is 5. The third-order valence-corrected chi connectivity index (χ3v) is 12.9. The third-order valence-electron chi connectivity index (χ3n) is 12.9. The lowest BCUT2D eigenvalue weighted by molar-refractivity contribution is -0.114. The number of fused-ring (bicyclic) bond motifs is 2. The molecule has 0 saturated heterocycles. The molecule has 0 fully saturated rings. The first-order chi connectivity index (χ1) is 34.4. The van der Waals surface area contributed by atoms with Crippen LogP contribution in [0.1, 0.15) is 18.9 Å². The second-order valence-electron chi connectivity index (χ2n) is 17.6. The highest BCUT2D eigenvalue weighted by atomic mass is 16.3. The minimum Gasteiger partial charge on any atom is -0.512 e. The molecular weight excluding hydrogens is 855 g/mol. The lowest BCUT2D eigenvalue weighted by atomic mass is 9.86. The van der Waals surface area contributed by atoms with Gasteiger partial charge in [0.25, 0.3) is 0 Å². The van der Waals surface area contributed by atoms with Crippen molar-refractivity contribution in [1.29, 1.82) is 0 Å². The number of aliphatic hydroxyl groups is 1. The van der Waals surface area contributed by atoms with Crippen LogP contribution >= 0.6 is 0 Å². The predicted molar refractivity (Wildman–Crippen MR) is 288 cm³/mol. The highest BCUT2D eigenvalue weighted by Crippen LogP contribution is 2.42. The number of aromatic nitrogens is 3. The van der Waals surface area contributed by atoms with Crippen LogP contribution in [0.3, 0.4) is 0 Å². The number of ketones is 1. The molecule has 2 heterocycles. The first-order valence-corrected chi connectivity index (χ1v) is 23.6. The van der Waals surface area contributed by atoms with Gasteiger partial charge in [-0.15, -0.1) is 0 Å². The van der Waals surface area contributed by atoms with Gasteiger partial charge in [0.1, 0.15) is 0 Å². The van der Waals surface area contributed by atoms with Crippen LogP contribution in [-0.4, -0.2) is 25.8 Å². The number of para-hydroxylation sites is 3. The van der Waals surface area contributed by atoms with Gasteiger partial charge in [0.2, 0.25) is 0 Å². The fraction of sp³-hybridized carbons (Fsp3) is 0.0462. The van der Waals surface area contributed by atoms with E-state index in [9.17, 15) is 9.90 Å². The number of aliphatic hydroxyl groups excluding tert-OH is 1. The zero-order valence-corrected chi connectivity index (χ0v) is 38.6. The minimum atomic E-state index is -0.107. The Balaban J connectivity index is 1.01. The molecule has 1 N–H and O–H groups in total. The van der Waals surface area contributed by atoms with E-state index in [2.05, 4.69) is 170 Å². The number of pyridine rings is 1. The van der Waals surface area contributed by atoms with Gasteiger partial charge >= 0.3 is 0 Å². The van der Waals surface area contributed by atoms with Gasteiger partial charge in [-0.05, 0) is 117 Å². The quantitative estimate of drug-likeness (QED) is 0.0976. The van der Waals surface area contributed by atoms with Crippen LogP contribution in [0.25, 0.3) is 111 Å². The molecule has 0 aliphatic carbocycles. The molecule has 0 bridgehead atoms. The lowest BCUT2D eigenvalue weighted by Gasteiger charge is -2.18. The summed E-state index contributed by atoms with van der Waals surface area (Å²) in [5.74, 6) is -0.0913. The Kier molecular flexibility index (Phi) is 12.0. The number of benzene rings is 9. The maximum Gasteiger partial charge on any atom is 0.159 e. The average molecular weight is 902 g/mol. The summed E-state index contributed by atoms with van der Waals surface area (Å²) >= 11 is 0. The molecule has 5 nitrogen and oxygen atoms in total. The van der Waals surface area contributed by atoms with E-state index < -0.39 is 0 Å². The number of hydrogen-bond donors (Lipinski definition) is 1. The van der Waals surface area contributed by atoms with E-state index in [1.807, 2.05) is 60.7 Å². The lowest BCUT2D eigenvalue weighted by Crippen LogP contribution is -1.99. The Bertz CT molecular complexity index is 3740. The van der Waals surface area contributed by atoms with Crippen LogP contribution in [0.15, 0.2) is 242 Å². The molecule has 0 saturated carbocycles. The van der Waals surface area contributed by atoms with E-state index in [4.69, 9.17) is 15.0 Å². The maximum atomic E-state index is 12.8. The fourth-order valence-corrected chi connectivity index (χ4v) is 9.50. The summed E-state index contributed by atoms with van der Waals surface area (Å²) in [5, 5.41) is 10.9. The predicted octanol–water partition coefficient (Wildman–Crippen LogP) is 16.5. The zero-order valence-electron chi connectivity index (χ0n) is 38.6. The zero-order chi connectivity index (χ0) is 47.4. The van der Waals surface area contributed by atoms with Crippen molar-refractivity contribution in [2.24, 2.45) is 0 Å². The number of carbonyl (C=O) groups excluding carboxylic acids is 1. The number of aryl methyl sites for hydroxylation is 1. The SMILES string of the molecule is C/C(O)=C/C(=O)CCc1ccccc1-c1cc(-c2ccccc2-c2ccc(-c3ccc4ccccc4n3)cc2)cc(-c2ccccc2-c2ccc(-c3nc4ccccc4nc3-c3ccccc3)cc2)c1. The van der Waals surface area contributed by atoms with Crippen LogP contribution in [0.5, 0.6) is 0 Å². The molecule has 9 aromatic carbocycles. The summed E-state index contributed by atoms with van der Waals surface area (Å²) in [6, 6.07) is 80.5. The Morgan fingerprint density at radius 2 is 0.829 bits per heavy atom. The van der Waals surface area contributed by atoms with E-state index in [0.717, 1.165) is 117 Å². The summed E-state index contributed by atoms with van der Waals surface area (Å²) in [6.07, 6.45) is 2.12. The Labute approximate surface area is 407 Å². The van der Waals surface area contributed by atoms with Gasteiger partial charge in [-0.3, -0.25) is 4.79 Å². The molecule has 0 radical (unpaired) electrons. The molecule has 5 heteroatoms. The summed E-state index contributed by atoms with van der Waals surface area (Å²) in [5.41, 5.74) is 20.3. The van der Waals surface area contributed by atoms with Crippen LogP contribution in [0, 0.1) is 0 Å². The van der Waals surface area contributed by atoms with E-state index in [1.54, 1.807) is 0 Å². The van der Waals surface area contributed by atoms with Gasteiger partial charge in [-0.1, -0.05) is 188 Å². The Morgan fingerprint density at radius 3 is 1.40 bits per heavy atom. The first-order valence-electron chi connectivity index (χ1n) is 23.6. The molecule has 0 aliphatic rings. The molecule has 334 valence electrons. The molecule has 70 heavy (non-hydrogen) atoms. The summed E-state index contributed by atoms with van der Waals surface area (Å²) in [6.45, 7) is 1.53. The summed E-state index contributed by atoms with van der Waals surface area (Å²) in [7, 11) is 0. The Morgan fingerprint density at radius 1 is 0.400 bits per heavy atom. The van der Waals surface area contributed by atoms with Crippen LogP contribution < -0.4 is 0 Å².